The quantitative estimate of drug-likeness (QED) is 0.0932. The fourth-order valence-electron chi connectivity index (χ4n) is 8.34. The monoisotopic (exact) mass is 759 g/mol. The van der Waals surface area contributed by atoms with Crippen LogP contribution < -0.4 is 21.7 Å². The Labute approximate surface area is 326 Å². The molecule has 12 nitrogen and oxygen atoms in total. The molecule has 300 valence electrons. The summed E-state index contributed by atoms with van der Waals surface area (Å²) in [5.41, 5.74) is 5.79. The molecule has 2 aromatic carbocycles. The van der Waals surface area contributed by atoms with Crippen molar-refractivity contribution in [2.45, 2.75) is 129 Å². The second kappa shape index (κ2) is 18.6. The van der Waals surface area contributed by atoms with Crippen molar-refractivity contribution < 1.29 is 33.4 Å². The van der Waals surface area contributed by atoms with Crippen LogP contribution in [0.2, 0.25) is 0 Å². The van der Waals surface area contributed by atoms with Crippen molar-refractivity contribution in [3.05, 3.63) is 71.8 Å². The Morgan fingerprint density at radius 1 is 0.891 bits per heavy atom. The van der Waals surface area contributed by atoms with Crippen LogP contribution in [0.4, 0.5) is 4.79 Å². The van der Waals surface area contributed by atoms with E-state index in [1.165, 1.54) is 0 Å². The topological polar surface area (TPSA) is 169 Å². The average molecular weight is 760 g/mol. The molecule has 3 aliphatic rings. The number of primary amides is 1. The lowest BCUT2D eigenvalue weighted by Crippen LogP contribution is -2.63. The Bertz CT molecular complexity index is 1620. The lowest BCUT2D eigenvalue weighted by atomic mass is 9.75. The van der Waals surface area contributed by atoms with Gasteiger partial charge in [0.1, 0.15) is 25.0 Å². The van der Waals surface area contributed by atoms with Crippen molar-refractivity contribution in [1.29, 1.82) is 0 Å². The molecule has 1 aliphatic heterocycles. The molecule has 3 fully saturated rings. The van der Waals surface area contributed by atoms with Gasteiger partial charge >= 0.3 is 6.03 Å². The van der Waals surface area contributed by atoms with E-state index in [-0.39, 0.29) is 30.5 Å². The van der Waals surface area contributed by atoms with E-state index < -0.39 is 58.8 Å². The molecule has 5 atom stereocenters. The summed E-state index contributed by atoms with van der Waals surface area (Å²) in [6.07, 6.45) is 6.38. The van der Waals surface area contributed by atoms with Crippen molar-refractivity contribution >= 4 is 29.5 Å². The van der Waals surface area contributed by atoms with Gasteiger partial charge in [-0.25, -0.2) is 4.79 Å². The summed E-state index contributed by atoms with van der Waals surface area (Å²) in [6, 6.07) is 16.3. The Kier molecular flexibility index (Phi) is 14.1. The van der Waals surface area contributed by atoms with Crippen LogP contribution in [0.5, 0.6) is 0 Å². The molecular formula is C43H61N5O7. The lowest BCUT2D eigenvalue weighted by molar-refractivity contribution is -0.144. The second-order valence-electron chi connectivity index (χ2n) is 17.2. The third-order valence-corrected chi connectivity index (χ3v) is 11.5. The van der Waals surface area contributed by atoms with Crippen LogP contribution in [-0.4, -0.2) is 71.4 Å². The van der Waals surface area contributed by atoms with Crippen LogP contribution in [-0.2, 0) is 35.3 Å². The Hall–Kier alpha value is -4.29. The molecule has 1 saturated heterocycles. The molecular weight excluding hydrogens is 699 g/mol. The van der Waals surface area contributed by atoms with Crippen LogP contribution in [0.15, 0.2) is 60.7 Å². The van der Waals surface area contributed by atoms with Crippen molar-refractivity contribution in [2.24, 2.45) is 28.9 Å². The van der Waals surface area contributed by atoms with Gasteiger partial charge in [-0.15, -0.1) is 0 Å². The molecule has 55 heavy (non-hydrogen) atoms. The SMILES string of the molecule is CC(C)[C@H]1CCN(C(=O)[C@@H](NC(=O)NC2(C(OCOCc3ccccc3)c3ccccc3)CCCCC2)C(C)(C)C)[C@@H]1C(=O)NC(CC1CC1)C(=O)C(N)=O. The Morgan fingerprint density at radius 3 is 2.11 bits per heavy atom. The number of benzene rings is 2. The summed E-state index contributed by atoms with van der Waals surface area (Å²) < 4.78 is 12.5. The molecule has 2 aliphatic carbocycles. The molecule has 1 heterocycles. The molecule has 0 bridgehead atoms. The number of ketones is 1. The number of carbonyl (C=O) groups is 5. The van der Waals surface area contributed by atoms with Crippen LogP contribution >= 0.6 is 0 Å². The molecule has 2 unspecified atom stereocenters. The minimum atomic E-state index is -1.09. The smallest absolute Gasteiger partial charge is 0.315 e. The number of nitrogens with zero attached hydrogens (tertiary/aromatic N) is 1. The summed E-state index contributed by atoms with van der Waals surface area (Å²) in [7, 11) is 0. The highest BCUT2D eigenvalue weighted by Crippen LogP contribution is 2.41. The van der Waals surface area contributed by atoms with Gasteiger partial charge in [0.15, 0.2) is 0 Å². The number of amides is 5. The van der Waals surface area contributed by atoms with Gasteiger partial charge in [-0.2, -0.15) is 0 Å². The maximum atomic E-state index is 14.7. The molecule has 5 amide bonds. The molecule has 12 heteroatoms. The number of rotatable bonds is 17. The summed E-state index contributed by atoms with van der Waals surface area (Å²) >= 11 is 0. The third kappa shape index (κ3) is 10.9. The molecule has 5 N–H and O–H groups in total. The number of ether oxygens (including phenoxy) is 2. The highest BCUT2D eigenvalue weighted by atomic mass is 16.7. The number of hydrogen-bond donors (Lipinski definition) is 4. The zero-order valence-electron chi connectivity index (χ0n) is 33.2. The van der Waals surface area contributed by atoms with E-state index in [9.17, 15) is 24.0 Å². The first-order chi connectivity index (χ1) is 26.2. The van der Waals surface area contributed by atoms with Gasteiger partial charge in [0.25, 0.3) is 5.91 Å². The summed E-state index contributed by atoms with van der Waals surface area (Å²) in [5.74, 6) is -2.70. The van der Waals surface area contributed by atoms with Crippen LogP contribution in [0.1, 0.15) is 110 Å². The van der Waals surface area contributed by atoms with E-state index in [1.807, 2.05) is 95.3 Å². The van der Waals surface area contributed by atoms with Gasteiger partial charge in [0, 0.05) is 6.54 Å². The lowest BCUT2D eigenvalue weighted by Gasteiger charge is -2.44. The molecule has 5 rings (SSSR count). The first kappa shape index (κ1) is 41.9. The van der Waals surface area contributed by atoms with E-state index in [2.05, 4.69) is 16.0 Å². The van der Waals surface area contributed by atoms with Crippen LogP contribution in [0.25, 0.3) is 0 Å². The van der Waals surface area contributed by atoms with Gasteiger partial charge in [-0.3, -0.25) is 19.2 Å². The number of urea groups is 1. The number of likely N-dealkylation sites (tertiary alicyclic amines) is 1. The predicted molar refractivity (Wildman–Crippen MR) is 209 cm³/mol. The largest absolute Gasteiger partial charge is 0.363 e. The zero-order valence-corrected chi connectivity index (χ0v) is 33.2. The van der Waals surface area contributed by atoms with Crippen LogP contribution in [0, 0.1) is 23.2 Å². The molecule has 2 saturated carbocycles. The van der Waals surface area contributed by atoms with Crippen molar-refractivity contribution in [3.8, 4) is 0 Å². The van der Waals surface area contributed by atoms with Crippen molar-refractivity contribution in [2.75, 3.05) is 13.3 Å². The number of Topliss-reactive ketones (excluding diaryl/α,β-unsaturated/α-hetero) is 1. The summed E-state index contributed by atoms with van der Waals surface area (Å²) in [6.45, 7) is 10.4. The molecule has 0 aromatic heterocycles. The first-order valence-electron chi connectivity index (χ1n) is 20.0. The minimum absolute atomic E-state index is 0.0184. The van der Waals surface area contributed by atoms with Crippen LogP contribution in [0.3, 0.4) is 0 Å². The highest BCUT2D eigenvalue weighted by Gasteiger charge is 2.49. The van der Waals surface area contributed by atoms with Gasteiger partial charge in [0.2, 0.25) is 17.6 Å². The number of hydrogen-bond acceptors (Lipinski definition) is 7. The molecule has 0 spiro atoms. The fraction of sp³-hybridized carbons (Fsp3) is 0.605. The Balaban J connectivity index is 1.35. The predicted octanol–water partition coefficient (Wildman–Crippen LogP) is 5.55. The maximum Gasteiger partial charge on any atom is 0.315 e. The highest BCUT2D eigenvalue weighted by molar-refractivity contribution is 6.37. The summed E-state index contributed by atoms with van der Waals surface area (Å²) in [5, 5.41) is 9.16. The van der Waals surface area contributed by atoms with E-state index in [0.717, 1.165) is 43.2 Å². The van der Waals surface area contributed by atoms with E-state index in [1.54, 1.807) is 4.90 Å². The normalized spacial score (nSPS) is 21.3. The van der Waals surface area contributed by atoms with Crippen molar-refractivity contribution in [1.82, 2.24) is 20.9 Å². The van der Waals surface area contributed by atoms with Gasteiger partial charge in [0.05, 0.1) is 18.2 Å². The molecule has 0 radical (unpaired) electrons. The zero-order chi connectivity index (χ0) is 39.8. The Morgan fingerprint density at radius 2 is 1.53 bits per heavy atom. The minimum Gasteiger partial charge on any atom is -0.363 e. The van der Waals surface area contributed by atoms with Gasteiger partial charge < -0.3 is 36.1 Å². The fourth-order valence-corrected chi connectivity index (χ4v) is 8.34. The number of nitrogens with one attached hydrogen (secondary N) is 3. The number of nitrogens with two attached hydrogens (primary N) is 1. The third-order valence-electron chi connectivity index (χ3n) is 11.5. The molecule has 2 aromatic rings. The summed E-state index contributed by atoms with van der Waals surface area (Å²) in [4.78, 5) is 69.2. The van der Waals surface area contributed by atoms with E-state index in [0.29, 0.717) is 38.8 Å². The van der Waals surface area contributed by atoms with E-state index in [4.69, 9.17) is 15.2 Å². The van der Waals surface area contributed by atoms with Crippen molar-refractivity contribution in [3.63, 3.8) is 0 Å². The number of carbonyl (C=O) groups excluding carboxylic acids is 5. The maximum absolute atomic E-state index is 14.7. The van der Waals surface area contributed by atoms with E-state index >= 15 is 0 Å². The van der Waals surface area contributed by atoms with Gasteiger partial charge in [-0.1, -0.05) is 127 Å². The standard InChI is InChI=1S/C43H61N5O7/c1-28(2)32-21-24-48(34(32)39(51)45-33(25-29-19-20-29)35(49)38(44)50)40(52)36(42(3,4)5)46-41(53)47-43(22-13-8-14-23-43)37(31-17-11-7-12-18-31)55-27-54-26-30-15-9-6-10-16-30/h6-7,9-12,15-18,28-29,32-34,36-37H,8,13-14,19-27H2,1-5H3,(H2,44,50)(H,45,51)(H2,46,47,53)/t32-,33?,34+,36-,37?/m1/s1. The first-order valence-corrected chi connectivity index (χ1v) is 20.0. The second-order valence-corrected chi connectivity index (χ2v) is 17.2. The average Bonchev–Trinajstić information content (AvgIpc) is 3.86. The van der Waals surface area contributed by atoms with Gasteiger partial charge in [-0.05, 0) is 60.0 Å².